The lowest BCUT2D eigenvalue weighted by Crippen LogP contribution is -1.94. The van der Waals surface area contributed by atoms with Gasteiger partial charge in [0.2, 0.25) is 0 Å². The summed E-state index contributed by atoms with van der Waals surface area (Å²) in [5, 5.41) is 6.27. The van der Waals surface area contributed by atoms with Gasteiger partial charge in [-0.2, -0.15) is 0 Å². The van der Waals surface area contributed by atoms with Crippen LogP contribution in [0.2, 0.25) is 0 Å². The Hall–Kier alpha value is -2.27. The molecule has 2 aromatic heterocycles. The second-order valence-corrected chi connectivity index (χ2v) is 6.07. The highest BCUT2D eigenvalue weighted by Crippen LogP contribution is 2.32. The van der Waals surface area contributed by atoms with Gasteiger partial charge in [0.15, 0.2) is 5.13 Å². The van der Waals surface area contributed by atoms with E-state index in [9.17, 15) is 0 Å². The first kappa shape index (κ1) is 14.7. The van der Waals surface area contributed by atoms with Crippen LogP contribution in [0.25, 0.3) is 11.3 Å². The summed E-state index contributed by atoms with van der Waals surface area (Å²) >= 11 is 1.60. The van der Waals surface area contributed by atoms with Crippen molar-refractivity contribution in [1.29, 1.82) is 0 Å². The number of para-hydroxylation sites is 2. The minimum atomic E-state index is 0.811. The molecule has 3 aromatic rings. The Bertz CT molecular complexity index is 804. The lowest BCUT2D eigenvalue weighted by molar-refractivity contribution is 0.417. The van der Waals surface area contributed by atoms with Gasteiger partial charge in [0.1, 0.15) is 5.75 Å². The number of aryl methyl sites for hydroxylation is 1. The summed E-state index contributed by atoms with van der Waals surface area (Å²) in [5.41, 5.74) is 5.58. The van der Waals surface area contributed by atoms with Crippen LogP contribution in [0, 0.1) is 13.8 Å². The predicted molar refractivity (Wildman–Crippen MR) is 92.3 cm³/mol. The summed E-state index contributed by atoms with van der Waals surface area (Å²) in [5.74, 6) is 0.811. The fraction of sp³-hybridized carbons (Fsp3) is 0.235. The third-order valence-electron chi connectivity index (χ3n) is 3.90. The second-order valence-electron chi connectivity index (χ2n) is 5.21. The zero-order valence-corrected chi connectivity index (χ0v) is 14.0. The number of ether oxygens (including phenoxy) is 1. The summed E-state index contributed by atoms with van der Waals surface area (Å²) in [4.78, 5) is 4.70. The highest BCUT2D eigenvalue weighted by atomic mass is 32.1. The molecule has 0 atom stereocenters. The first-order chi connectivity index (χ1) is 10.6. The van der Waals surface area contributed by atoms with Crippen molar-refractivity contribution in [3.8, 4) is 17.0 Å². The van der Waals surface area contributed by atoms with Crippen LogP contribution in [-0.2, 0) is 7.05 Å². The molecule has 0 unspecified atom stereocenters. The number of benzene rings is 1. The maximum absolute atomic E-state index is 5.36. The van der Waals surface area contributed by atoms with Crippen LogP contribution in [0.1, 0.15) is 11.4 Å². The van der Waals surface area contributed by atoms with E-state index >= 15 is 0 Å². The molecule has 114 valence electrons. The number of hydrogen-bond donors (Lipinski definition) is 1. The largest absolute Gasteiger partial charge is 0.495 e. The fourth-order valence-corrected chi connectivity index (χ4v) is 3.16. The van der Waals surface area contributed by atoms with Crippen molar-refractivity contribution < 1.29 is 4.74 Å². The molecule has 0 spiro atoms. The minimum absolute atomic E-state index is 0.811. The van der Waals surface area contributed by atoms with E-state index in [1.54, 1.807) is 18.4 Å². The van der Waals surface area contributed by atoms with E-state index in [1.165, 1.54) is 17.0 Å². The molecule has 2 heterocycles. The molecule has 0 aliphatic rings. The molecular formula is C17H19N3OS. The van der Waals surface area contributed by atoms with Gasteiger partial charge < -0.3 is 14.6 Å². The smallest absolute Gasteiger partial charge is 0.187 e. The Labute approximate surface area is 134 Å². The van der Waals surface area contributed by atoms with E-state index in [0.717, 1.165) is 22.3 Å². The average Bonchev–Trinajstić information content (AvgIpc) is 3.08. The van der Waals surface area contributed by atoms with Gasteiger partial charge >= 0.3 is 0 Å². The SMILES string of the molecule is COc1ccccc1Nc1nc(-c2cc(C)n(C)c2C)cs1. The Balaban J connectivity index is 1.89. The number of rotatable bonds is 4. The van der Waals surface area contributed by atoms with Gasteiger partial charge in [-0.25, -0.2) is 4.98 Å². The van der Waals surface area contributed by atoms with Crippen molar-refractivity contribution in [2.24, 2.45) is 7.05 Å². The highest BCUT2D eigenvalue weighted by Gasteiger charge is 2.12. The molecule has 0 radical (unpaired) electrons. The van der Waals surface area contributed by atoms with E-state index in [1.807, 2.05) is 24.3 Å². The molecule has 4 nitrogen and oxygen atoms in total. The monoisotopic (exact) mass is 313 g/mol. The first-order valence-corrected chi connectivity index (χ1v) is 7.97. The Morgan fingerprint density at radius 2 is 2.00 bits per heavy atom. The standard InChI is InChI=1S/C17H19N3OS/c1-11-9-13(12(2)20(11)3)15-10-22-17(19-15)18-14-7-5-6-8-16(14)21-4/h5-10H,1-4H3,(H,18,19). The molecule has 0 amide bonds. The van der Waals surface area contributed by atoms with Gasteiger partial charge in [-0.3, -0.25) is 0 Å². The number of nitrogens with one attached hydrogen (secondary N) is 1. The topological polar surface area (TPSA) is 39.1 Å². The van der Waals surface area contributed by atoms with Crippen LogP contribution in [-0.4, -0.2) is 16.7 Å². The summed E-state index contributed by atoms with van der Waals surface area (Å²) in [6, 6.07) is 10.0. The van der Waals surface area contributed by atoms with Crippen LogP contribution >= 0.6 is 11.3 Å². The fourth-order valence-electron chi connectivity index (χ4n) is 2.43. The number of thiazole rings is 1. The number of anilines is 2. The van der Waals surface area contributed by atoms with Crippen LogP contribution in [0.3, 0.4) is 0 Å². The Morgan fingerprint density at radius 1 is 1.23 bits per heavy atom. The van der Waals surface area contributed by atoms with Gasteiger partial charge in [-0.15, -0.1) is 11.3 Å². The Morgan fingerprint density at radius 3 is 2.68 bits per heavy atom. The third-order valence-corrected chi connectivity index (χ3v) is 4.66. The number of nitrogens with zero attached hydrogens (tertiary/aromatic N) is 2. The van der Waals surface area contributed by atoms with Crippen LogP contribution in [0.15, 0.2) is 35.7 Å². The predicted octanol–water partition coefficient (Wildman–Crippen LogP) is 4.52. The lowest BCUT2D eigenvalue weighted by Gasteiger charge is -2.08. The third kappa shape index (κ3) is 2.60. The van der Waals surface area contributed by atoms with Crippen LogP contribution in [0.5, 0.6) is 5.75 Å². The van der Waals surface area contributed by atoms with Crippen molar-refractivity contribution >= 4 is 22.2 Å². The normalized spacial score (nSPS) is 10.7. The van der Waals surface area contributed by atoms with Gasteiger partial charge in [0.25, 0.3) is 0 Å². The van der Waals surface area contributed by atoms with E-state index in [0.29, 0.717) is 0 Å². The lowest BCUT2D eigenvalue weighted by atomic mass is 10.2. The quantitative estimate of drug-likeness (QED) is 0.770. The van der Waals surface area contributed by atoms with Crippen molar-refractivity contribution in [2.45, 2.75) is 13.8 Å². The molecule has 0 saturated heterocycles. The van der Waals surface area contributed by atoms with Crippen LogP contribution in [0.4, 0.5) is 10.8 Å². The molecular weight excluding hydrogens is 294 g/mol. The van der Waals surface area contributed by atoms with Crippen LogP contribution < -0.4 is 10.1 Å². The molecule has 0 aliphatic carbocycles. The maximum atomic E-state index is 5.36. The zero-order chi connectivity index (χ0) is 15.7. The van der Waals surface area contributed by atoms with Crippen molar-refractivity contribution in [2.75, 3.05) is 12.4 Å². The van der Waals surface area contributed by atoms with E-state index in [-0.39, 0.29) is 0 Å². The maximum Gasteiger partial charge on any atom is 0.187 e. The van der Waals surface area contributed by atoms with Gasteiger partial charge in [0, 0.05) is 29.4 Å². The molecule has 3 rings (SSSR count). The molecule has 0 saturated carbocycles. The molecule has 0 fully saturated rings. The minimum Gasteiger partial charge on any atom is -0.495 e. The molecule has 0 aliphatic heterocycles. The van der Waals surface area contributed by atoms with Gasteiger partial charge in [-0.05, 0) is 32.0 Å². The van der Waals surface area contributed by atoms with E-state index < -0.39 is 0 Å². The average molecular weight is 313 g/mol. The summed E-state index contributed by atoms with van der Waals surface area (Å²) in [6.07, 6.45) is 0. The molecule has 22 heavy (non-hydrogen) atoms. The number of aromatic nitrogens is 2. The molecule has 1 aromatic carbocycles. The Kier molecular flexibility index (Phi) is 3.90. The van der Waals surface area contributed by atoms with Crippen molar-refractivity contribution in [3.05, 3.63) is 47.1 Å². The number of methoxy groups -OCH3 is 1. The summed E-state index contributed by atoms with van der Waals surface area (Å²) in [7, 11) is 3.75. The van der Waals surface area contributed by atoms with Crippen molar-refractivity contribution in [3.63, 3.8) is 0 Å². The molecule has 0 bridgehead atoms. The summed E-state index contributed by atoms with van der Waals surface area (Å²) in [6.45, 7) is 4.23. The summed E-state index contributed by atoms with van der Waals surface area (Å²) < 4.78 is 7.54. The van der Waals surface area contributed by atoms with Crippen molar-refractivity contribution in [1.82, 2.24) is 9.55 Å². The van der Waals surface area contributed by atoms with E-state index in [4.69, 9.17) is 9.72 Å². The highest BCUT2D eigenvalue weighted by molar-refractivity contribution is 7.14. The van der Waals surface area contributed by atoms with E-state index in [2.05, 4.69) is 42.2 Å². The zero-order valence-electron chi connectivity index (χ0n) is 13.2. The van der Waals surface area contributed by atoms with Gasteiger partial charge in [-0.1, -0.05) is 12.1 Å². The second kappa shape index (κ2) is 5.85. The first-order valence-electron chi connectivity index (χ1n) is 7.09. The van der Waals surface area contributed by atoms with Gasteiger partial charge in [0.05, 0.1) is 18.5 Å². The molecule has 5 heteroatoms. The molecule has 1 N–H and O–H groups in total. The number of hydrogen-bond acceptors (Lipinski definition) is 4.